The van der Waals surface area contributed by atoms with E-state index in [4.69, 9.17) is 0 Å². The summed E-state index contributed by atoms with van der Waals surface area (Å²) in [7, 11) is 0. The van der Waals surface area contributed by atoms with Crippen LogP contribution in [0.15, 0.2) is 176 Å². The van der Waals surface area contributed by atoms with Gasteiger partial charge in [0.05, 0.1) is 0 Å². The molecule has 0 radical (unpaired) electrons. The average molecular weight is 551 g/mol. The first-order valence-electron chi connectivity index (χ1n) is 14.6. The molecule has 0 saturated heterocycles. The van der Waals surface area contributed by atoms with Crippen molar-refractivity contribution >= 4 is 0 Å². The summed E-state index contributed by atoms with van der Waals surface area (Å²) in [4.78, 5) is 0. The number of phenols is 1. The Labute approximate surface area is 253 Å². The van der Waals surface area contributed by atoms with E-state index in [1.165, 1.54) is 22.3 Å². The Morgan fingerprint density at radius 3 is 0.767 bits per heavy atom. The third-order valence-electron chi connectivity index (χ3n) is 8.04. The van der Waals surface area contributed by atoms with E-state index in [1.807, 2.05) is 18.2 Å². The fraction of sp³-hybridized carbons (Fsp3) is 0. The third-order valence-corrected chi connectivity index (χ3v) is 8.04. The van der Waals surface area contributed by atoms with Crippen molar-refractivity contribution in [3.8, 4) is 72.5 Å². The minimum Gasteiger partial charge on any atom is -0.507 e. The van der Waals surface area contributed by atoms with Gasteiger partial charge in [-0.25, -0.2) is 0 Å². The molecule has 0 amide bonds. The van der Waals surface area contributed by atoms with Gasteiger partial charge in [-0.1, -0.05) is 164 Å². The van der Waals surface area contributed by atoms with Crippen LogP contribution in [0.4, 0.5) is 0 Å². The highest BCUT2D eigenvalue weighted by molar-refractivity contribution is 5.89. The van der Waals surface area contributed by atoms with E-state index < -0.39 is 0 Å². The molecule has 0 heterocycles. The lowest BCUT2D eigenvalue weighted by molar-refractivity contribution is 0.479. The van der Waals surface area contributed by atoms with Crippen LogP contribution in [-0.4, -0.2) is 5.11 Å². The first kappa shape index (κ1) is 26.3. The molecule has 7 rings (SSSR count). The fourth-order valence-electron chi connectivity index (χ4n) is 5.67. The van der Waals surface area contributed by atoms with Crippen molar-refractivity contribution in [3.63, 3.8) is 0 Å². The van der Waals surface area contributed by atoms with Gasteiger partial charge in [0.1, 0.15) is 5.75 Å². The molecular weight excluding hydrogens is 520 g/mol. The maximum atomic E-state index is 11.7. The summed E-state index contributed by atoms with van der Waals surface area (Å²) in [6, 6.07) is 60.9. The molecular formula is C42H30O. The van der Waals surface area contributed by atoms with E-state index in [2.05, 4.69) is 158 Å². The molecule has 0 saturated carbocycles. The molecule has 0 aliphatic rings. The van der Waals surface area contributed by atoms with Gasteiger partial charge >= 0.3 is 0 Å². The third kappa shape index (κ3) is 5.49. The molecule has 1 N–H and O–H groups in total. The number of phenolic OH excluding ortho intramolecular Hbond substituents is 1. The maximum Gasteiger partial charge on any atom is 0.131 e. The Bertz CT molecular complexity index is 1850. The zero-order valence-corrected chi connectivity index (χ0v) is 23.7. The van der Waals surface area contributed by atoms with Gasteiger partial charge in [0, 0.05) is 11.1 Å². The van der Waals surface area contributed by atoms with Gasteiger partial charge in [0.15, 0.2) is 0 Å². The topological polar surface area (TPSA) is 20.2 Å². The molecule has 0 aliphatic carbocycles. The molecule has 0 fully saturated rings. The summed E-state index contributed by atoms with van der Waals surface area (Å²) in [5, 5.41) is 11.7. The van der Waals surface area contributed by atoms with Gasteiger partial charge in [-0.15, -0.1) is 0 Å². The molecule has 204 valence electrons. The highest BCUT2D eigenvalue weighted by Gasteiger charge is 2.15. The Kier molecular flexibility index (Phi) is 7.13. The molecule has 7 aromatic rings. The van der Waals surface area contributed by atoms with Crippen LogP contribution in [0.25, 0.3) is 66.8 Å². The summed E-state index contributed by atoms with van der Waals surface area (Å²) in [5.74, 6) is 0.282. The van der Waals surface area contributed by atoms with E-state index in [-0.39, 0.29) is 5.75 Å². The molecule has 0 aliphatic heterocycles. The molecule has 7 aromatic carbocycles. The Hall–Kier alpha value is -5.66. The summed E-state index contributed by atoms with van der Waals surface area (Å²) in [6.07, 6.45) is 0. The van der Waals surface area contributed by atoms with Gasteiger partial charge < -0.3 is 5.11 Å². The minimum atomic E-state index is 0.282. The van der Waals surface area contributed by atoms with Crippen LogP contribution in [0, 0.1) is 0 Å². The van der Waals surface area contributed by atoms with Crippen LogP contribution in [0.3, 0.4) is 0 Å². The molecule has 0 aromatic heterocycles. The van der Waals surface area contributed by atoms with Crippen LogP contribution in [0.5, 0.6) is 5.75 Å². The zero-order chi connectivity index (χ0) is 29.0. The lowest BCUT2D eigenvalue weighted by Gasteiger charge is -2.15. The predicted molar refractivity (Wildman–Crippen MR) is 181 cm³/mol. The van der Waals surface area contributed by atoms with E-state index in [1.54, 1.807) is 0 Å². The van der Waals surface area contributed by atoms with E-state index in [9.17, 15) is 5.11 Å². The molecule has 43 heavy (non-hydrogen) atoms. The first-order valence-corrected chi connectivity index (χ1v) is 14.6. The smallest absolute Gasteiger partial charge is 0.131 e. The second-order valence-electron chi connectivity index (χ2n) is 10.8. The Balaban J connectivity index is 1.32. The average Bonchev–Trinajstić information content (AvgIpc) is 3.10. The van der Waals surface area contributed by atoms with E-state index >= 15 is 0 Å². The Morgan fingerprint density at radius 1 is 0.233 bits per heavy atom. The molecule has 0 bridgehead atoms. The quantitative estimate of drug-likeness (QED) is 0.218. The molecule has 0 spiro atoms. The highest BCUT2D eigenvalue weighted by atomic mass is 16.3. The van der Waals surface area contributed by atoms with E-state index in [0.29, 0.717) is 0 Å². The van der Waals surface area contributed by atoms with Crippen LogP contribution in [-0.2, 0) is 0 Å². The highest BCUT2D eigenvalue weighted by Crippen LogP contribution is 2.43. The summed E-state index contributed by atoms with van der Waals surface area (Å²) in [5.41, 5.74) is 12.7. The number of hydrogen-bond acceptors (Lipinski definition) is 1. The second kappa shape index (κ2) is 11.7. The van der Waals surface area contributed by atoms with Gasteiger partial charge in [-0.3, -0.25) is 0 Å². The van der Waals surface area contributed by atoms with Gasteiger partial charge in [0.2, 0.25) is 0 Å². The molecule has 0 atom stereocenters. The van der Waals surface area contributed by atoms with Crippen molar-refractivity contribution < 1.29 is 5.11 Å². The standard InChI is InChI=1S/C42H30O/c43-42-40(37-24-20-34(21-25-37)31-12-6-2-7-13-31)28-39(36-18-16-33(17-19-36)30-10-4-1-5-11-30)29-41(42)38-26-22-35(23-27-38)32-14-8-3-9-15-32/h1-29,43H. The van der Waals surface area contributed by atoms with Crippen molar-refractivity contribution in [2.75, 3.05) is 0 Å². The monoisotopic (exact) mass is 550 g/mol. The van der Waals surface area contributed by atoms with Crippen LogP contribution in [0.2, 0.25) is 0 Å². The number of benzene rings is 7. The van der Waals surface area contributed by atoms with Crippen molar-refractivity contribution in [2.24, 2.45) is 0 Å². The largest absolute Gasteiger partial charge is 0.507 e. The molecule has 0 unspecified atom stereocenters. The lowest BCUT2D eigenvalue weighted by Crippen LogP contribution is -1.89. The van der Waals surface area contributed by atoms with Crippen LogP contribution < -0.4 is 0 Å². The zero-order valence-electron chi connectivity index (χ0n) is 23.7. The van der Waals surface area contributed by atoms with Gasteiger partial charge in [-0.05, 0) is 67.8 Å². The lowest BCUT2D eigenvalue weighted by atomic mass is 9.90. The maximum absolute atomic E-state index is 11.7. The van der Waals surface area contributed by atoms with Crippen molar-refractivity contribution in [3.05, 3.63) is 176 Å². The fourth-order valence-corrected chi connectivity index (χ4v) is 5.67. The summed E-state index contributed by atoms with van der Waals surface area (Å²) >= 11 is 0. The van der Waals surface area contributed by atoms with Gasteiger partial charge in [0.25, 0.3) is 0 Å². The number of hydrogen-bond donors (Lipinski definition) is 1. The number of aromatic hydroxyl groups is 1. The van der Waals surface area contributed by atoms with Gasteiger partial charge in [-0.2, -0.15) is 0 Å². The SMILES string of the molecule is Oc1c(-c2ccc(-c3ccccc3)cc2)cc(-c2ccc(-c3ccccc3)cc2)cc1-c1ccc(-c2ccccc2)cc1. The Morgan fingerprint density at radius 2 is 0.465 bits per heavy atom. The summed E-state index contributed by atoms with van der Waals surface area (Å²) < 4.78 is 0. The first-order chi connectivity index (χ1) is 21.2. The molecule has 1 heteroatoms. The van der Waals surface area contributed by atoms with Crippen LogP contribution >= 0.6 is 0 Å². The second-order valence-corrected chi connectivity index (χ2v) is 10.8. The van der Waals surface area contributed by atoms with Crippen molar-refractivity contribution in [1.29, 1.82) is 0 Å². The minimum absolute atomic E-state index is 0.282. The number of rotatable bonds is 6. The summed E-state index contributed by atoms with van der Waals surface area (Å²) in [6.45, 7) is 0. The molecule has 1 nitrogen and oxygen atoms in total. The normalized spacial score (nSPS) is 10.9. The van der Waals surface area contributed by atoms with Crippen LogP contribution in [0.1, 0.15) is 0 Å². The van der Waals surface area contributed by atoms with E-state index in [0.717, 1.165) is 44.5 Å². The predicted octanol–water partition coefficient (Wildman–Crippen LogP) is 11.4. The van der Waals surface area contributed by atoms with Crippen molar-refractivity contribution in [2.45, 2.75) is 0 Å². The van der Waals surface area contributed by atoms with Crippen molar-refractivity contribution in [1.82, 2.24) is 0 Å².